The third-order valence-electron chi connectivity index (χ3n) is 3.74. The van der Waals surface area contributed by atoms with Gasteiger partial charge in [0.05, 0.1) is 16.8 Å². The molecule has 0 bridgehead atoms. The van der Waals surface area contributed by atoms with Crippen molar-refractivity contribution in [1.29, 1.82) is 0 Å². The van der Waals surface area contributed by atoms with Gasteiger partial charge >= 0.3 is 6.18 Å². The number of nitrogens with zero attached hydrogens (tertiary/aromatic N) is 3. The minimum absolute atomic E-state index is 0.0525. The van der Waals surface area contributed by atoms with Crippen LogP contribution in [0.1, 0.15) is 21.6 Å². The van der Waals surface area contributed by atoms with Gasteiger partial charge in [0.25, 0.3) is 5.91 Å². The monoisotopic (exact) mass is 398 g/mol. The Morgan fingerprint density at radius 3 is 2.63 bits per heavy atom. The lowest BCUT2D eigenvalue weighted by Crippen LogP contribution is -2.21. The number of anilines is 1. The topological polar surface area (TPSA) is 59.8 Å². The third-order valence-corrected chi connectivity index (χ3v) is 4.03. The molecule has 140 valence electrons. The molecule has 0 aliphatic heterocycles. The van der Waals surface area contributed by atoms with Crippen LogP contribution in [0.5, 0.6) is 0 Å². The minimum Gasteiger partial charge on any atom is -0.322 e. The first kappa shape index (κ1) is 18.8. The molecule has 0 atom stereocenters. The molecule has 3 aromatic rings. The summed E-state index contributed by atoms with van der Waals surface area (Å²) in [4.78, 5) is 16.2. The third kappa shape index (κ3) is 3.63. The number of amides is 1. The average molecular weight is 399 g/mol. The molecule has 1 aromatic carbocycles. The largest absolute Gasteiger partial charge is 0.434 e. The van der Waals surface area contributed by atoms with Crippen LogP contribution in [-0.2, 0) is 6.18 Å². The molecule has 0 saturated heterocycles. The standard InChI is InChI=1S/C17H11ClF4N4O/c1-9-12(19)5-2-6-13(9)25-16(27)10-8-24-26(14(10)17(20,21)22)15-11(18)4-3-7-23-15/h2-8H,1H3,(H,25,27). The predicted octanol–water partition coefficient (Wildman–Crippen LogP) is 4.64. The smallest absolute Gasteiger partial charge is 0.322 e. The SMILES string of the molecule is Cc1c(F)cccc1NC(=O)c1cnn(-c2ncccc2Cl)c1C(F)(F)F. The predicted molar refractivity (Wildman–Crippen MR) is 90.5 cm³/mol. The van der Waals surface area contributed by atoms with Crippen LogP contribution in [0.4, 0.5) is 23.2 Å². The molecule has 0 unspecified atom stereocenters. The summed E-state index contributed by atoms with van der Waals surface area (Å²) in [6.45, 7) is 1.40. The van der Waals surface area contributed by atoms with Crippen molar-refractivity contribution in [2.75, 3.05) is 5.32 Å². The van der Waals surface area contributed by atoms with Crippen LogP contribution in [0.3, 0.4) is 0 Å². The zero-order chi connectivity index (χ0) is 19.8. The second-order valence-corrected chi connectivity index (χ2v) is 5.90. The van der Waals surface area contributed by atoms with E-state index in [9.17, 15) is 22.4 Å². The van der Waals surface area contributed by atoms with Gasteiger partial charge in [-0.3, -0.25) is 4.79 Å². The van der Waals surface area contributed by atoms with Crippen molar-refractivity contribution in [3.05, 3.63) is 70.4 Å². The van der Waals surface area contributed by atoms with Crippen molar-refractivity contribution in [3.63, 3.8) is 0 Å². The number of pyridine rings is 1. The van der Waals surface area contributed by atoms with E-state index in [1.165, 1.54) is 43.5 Å². The zero-order valence-corrected chi connectivity index (χ0v) is 14.4. The fraction of sp³-hybridized carbons (Fsp3) is 0.118. The Balaban J connectivity index is 2.07. The van der Waals surface area contributed by atoms with Crippen LogP contribution in [0.25, 0.3) is 5.82 Å². The van der Waals surface area contributed by atoms with E-state index in [0.717, 1.165) is 6.20 Å². The molecule has 0 spiro atoms. The number of hydrogen-bond donors (Lipinski definition) is 1. The fourth-order valence-electron chi connectivity index (χ4n) is 2.41. The highest BCUT2D eigenvalue weighted by atomic mass is 35.5. The second kappa shape index (κ2) is 6.99. The van der Waals surface area contributed by atoms with E-state index >= 15 is 0 Å². The maximum absolute atomic E-state index is 13.6. The van der Waals surface area contributed by atoms with Gasteiger partial charge in [-0.1, -0.05) is 17.7 Å². The Hall–Kier alpha value is -2.94. The Bertz CT molecular complexity index is 1020. The first-order valence-electron chi connectivity index (χ1n) is 7.52. The van der Waals surface area contributed by atoms with Gasteiger partial charge < -0.3 is 5.32 Å². The number of aromatic nitrogens is 3. The molecule has 27 heavy (non-hydrogen) atoms. The molecule has 0 fully saturated rings. The number of halogens is 5. The van der Waals surface area contributed by atoms with Crippen LogP contribution in [0.15, 0.2) is 42.7 Å². The van der Waals surface area contributed by atoms with Crippen molar-refractivity contribution in [3.8, 4) is 5.82 Å². The molecule has 0 aliphatic rings. The highest BCUT2D eigenvalue weighted by Gasteiger charge is 2.41. The van der Waals surface area contributed by atoms with Crippen LogP contribution >= 0.6 is 11.6 Å². The van der Waals surface area contributed by atoms with E-state index in [1.807, 2.05) is 0 Å². The highest BCUT2D eigenvalue weighted by Crippen LogP contribution is 2.35. The molecule has 3 rings (SSSR count). The van der Waals surface area contributed by atoms with Crippen molar-refractivity contribution in [2.24, 2.45) is 0 Å². The zero-order valence-electron chi connectivity index (χ0n) is 13.7. The minimum atomic E-state index is -4.92. The van der Waals surface area contributed by atoms with Gasteiger partial charge in [0.1, 0.15) is 5.82 Å². The molecular formula is C17H11ClF4N4O. The lowest BCUT2D eigenvalue weighted by Gasteiger charge is -2.13. The van der Waals surface area contributed by atoms with Crippen molar-refractivity contribution in [2.45, 2.75) is 13.1 Å². The van der Waals surface area contributed by atoms with E-state index in [0.29, 0.717) is 4.68 Å². The van der Waals surface area contributed by atoms with Crippen molar-refractivity contribution >= 4 is 23.2 Å². The maximum atomic E-state index is 13.6. The Morgan fingerprint density at radius 1 is 1.22 bits per heavy atom. The van der Waals surface area contributed by atoms with E-state index in [-0.39, 0.29) is 22.1 Å². The first-order chi connectivity index (χ1) is 12.7. The van der Waals surface area contributed by atoms with Crippen LogP contribution in [0.2, 0.25) is 5.02 Å². The van der Waals surface area contributed by atoms with Gasteiger partial charge in [0.2, 0.25) is 0 Å². The summed E-state index contributed by atoms with van der Waals surface area (Å²) in [7, 11) is 0. The lowest BCUT2D eigenvalue weighted by molar-refractivity contribution is -0.143. The summed E-state index contributed by atoms with van der Waals surface area (Å²) in [5.41, 5.74) is -1.93. The number of hydrogen-bond acceptors (Lipinski definition) is 3. The summed E-state index contributed by atoms with van der Waals surface area (Å²) in [5.74, 6) is -1.96. The molecule has 2 aromatic heterocycles. The summed E-state index contributed by atoms with van der Waals surface area (Å²) >= 11 is 5.90. The Labute approximate surface area is 155 Å². The van der Waals surface area contributed by atoms with Crippen LogP contribution in [-0.4, -0.2) is 20.7 Å². The van der Waals surface area contributed by atoms with E-state index in [4.69, 9.17) is 11.6 Å². The van der Waals surface area contributed by atoms with Crippen molar-refractivity contribution in [1.82, 2.24) is 14.8 Å². The molecule has 1 amide bonds. The fourth-order valence-corrected chi connectivity index (χ4v) is 2.62. The summed E-state index contributed by atoms with van der Waals surface area (Å²) < 4.78 is 54.9. The maximum Gasteiger partial charge on any atom is 0.434 e. The van der Waals surface area contributed by atoms with Gasteiger partial charge in [-0.2, -0.15) is 18.3 Å². The van der Waals surface area contributed by atoms with Gasteiger partial charge in [-0.15, -0.1) is 0 Å². The molecule has 5 nitrogen and oxygen atoms in total. The molecule has 0 aliphatic carbocycles. The van der Waals surface area contributed by atoms with E-state index in [1.54, 1.807) is 0 Å². The van der Waals surface area contributed by atoms with Gasteiger partial charge in [-0.05, 0) is 31.2 Å². The summed E-state index contributed by atoms with van der Waals surface area (Å²) in [6, 6.07) is 6.68. The molecular weight excluding hydrogens is 388 g/mol. The quantitative estimate of drug-likeness (QED) is 0.654. The van der Waals surface area contributed by atoms with Crippen LogP contribution < -0.4 is 5.32 Å². The van der Waals surface area contributed by atoms with Gasteiger partial charge in [0, 0.05) is 17.4 Å². The van der Waals surface area contributed by atoms with Gasteiger partial charge in [0.15, 0.2) is 11.5 Å². The van der Waals surface area contributed by atoms with E-state index in [2.05, 4.69) is 15.4 Å². The first-order valence-corrected chi connectivity index (χ1v) is 7.90. The average Bonchev–Trinajstić information content (AvgIpc) is 3.05. The number of carbonyl (C=O) groups excluding carboxylic acids is 1. The van der Waals surface area contributed by atoms with E-state index < -0.39 is 29.2 Å². The van der Waals surface area contributed by atoms with Crippen molar-refractivity contribution < 1.29 is 22.4 Å². The number of benzene rings is 1. The molecule has 2 heterocycles. The summed E-state index contributed by atoms with van der Waals surface area (Å²) in [5, 5.41) is 5.83. The lowest BCUT2D eigenvalue weighted by atomic mass is 10.1. The molecule has 0 radical (unpaired) electrons. The number of rotatable bonds is 3. The summed E-state index contributed by atoms with van der Waals surface area (Å²) in [6.07, 6.45) is -2.91. The molecule has 1 N–H and O–H groups in total. The number of nitrogens with one attached hydrogen (secondary N) is 1. The number of alkyl halides is 3. The normalized spacial score (nSPS) is 11.5. The Morgan fingerprint density at radius 2 is 1.96 bits per heavy atom. The second-order valence-electron chi connectivity index (χ2n) is 5.49. The van der Waals surface area contributed by atoms with Crippen LogP contribution in [0, 0.1) is 12.7 Å². The highest BCUT2D eigenvalue weighted by molar-refractivity contribution is 6.32. The Kier molecular flexibility index (Phi) is 4.88. The molecule has 10 heteroatoms. The molecule has 0 saturated carbocycles. The number of carbonyl (C=O) groups is 1. The van der Waals surface area contributed by atoms with Gasteiger partial charge in [-0.25, -0.2) is 14.1 Å².